The second kappa shape index (κ2) is 4.61. The SMILES string of the molecule is COC1CCCC(C(C)C=O)C1. The minimum Gasteiger partial charge on any atom is -0.381 e. The lowest BCUT2D eigenvalue weighted by molar-refractivity contribution is -0.112. The van der Waals surface area contributed by atoms with Crippen LogP contribution in [0.5, 0.6) is 0 Å². The fourth-order valence-corrected chi connectivity index (χ4v) is 1.98. The number of methoxy groups -OCH3 is 1. The van der Waals surface area contributed by atoms with Crippen LogP contribution in [0, 0.1) is 11.8 Å². The average Bonchev–Trinajstić information content (AvgIpc) is 2.17. The maximum atomic E-state index is 10.6. The van der Waals surface area contributed by atoms with Gasteiger partial charge in [-0.3, -0.25) is 0 Å². The molecule has 0 aromatic carbocycles. The molecule has 2 heteroatoms. The second-order valence-corrected chi connectivity index (χ2v) is 3.78. The third kappa shape index (κ3) is 2.31. The topological polar surface area (TPSA) is 26.3 Å². The highest BCUT2D eigenvalue weighted by Crippen LogP contribution is 2.30. The maximum Gasteiger partial charge on any atom is 0.123 e. The quantitative estimate of drug-likeness (QED) is 0.606. The van der Waals surface area contributed by atoms with Gasteiger partial charge in [-0.25, -0.2) is 0 Å². The van der Waals surface area contributed by atoms with Gasteiger partial charge in [-0.1, -0.05) is 13.3 Å². The number of hydrogen-bond acceptors (Lipinski definition) is 2. The first-order valence-corrected chi connectivity index (χ1v) is 4.76. The van der Waals surface area contributed by atoms with Gasteiger partial charge in [-0.15, -0.1) is 0 Å². The van der Waals surface area contributed by atoms with E-state index in [2.05, 4.69) is 0 Å². The third-order valence-electron chi connectivity index (χ3n) is 2.96. The van der Waals surface area contributed by atoms with Gasteiger partial charge in [0.25, 0.3) is 0 Å². The van der Waals surface area contributed by atoms with E-state index in [1.807, 2.05) is 6.92 Å². The number of rotatable bonds is 3. The molecule has 0 bridgehead atoms. The first kappa shape index (κ1) is 9.72. The number of aldehydes is 1. The van der Waals surface area contributed by atoms with Crippen molar-refractivity contribution >= 4 is 6.29 Å². The Morgan fingerprint density at radius 3 is 2.83 bits per heavy atom. The smallest absolute Gasteiger partial charge is 0.123 e. The monoisotopic (exact) mass is 170 g/mol. The zero-order valence-electron chi connectivity index (χ0n) is 7.95. The molecule has 0 radical (unpaired) electrons. The van der Waals surface area contributed by atoms with Gasteiger partial charge in [-0.2, -0.15) is 0 Å². The zero-order valence-corrected chi connectivity index (χ0v) is 7.95. The molecule has 3 atom stereocenters. The van der Waals surface area contributed by atoms with Crippen molar-refractivity contribution in [1.29, 1.82) is 0 Å². The van der Waals surface area contributed by atoms with Gasteiger partial charge in [-0.05, 0) is 25.2 Å². The highest BCUT2D eigenvalue weighted by molar-refractivity contribution is 5.53. The van der Waals surface area contributed by atoms with E-state index in [0.29, 0.717) is 12.0 Å². The maximum absolute atomic E-state index is 10.6. The van der Waals surface area contributed by atoms with Crippen LogP contribution >= 0.6 is 0 Å². The van der Waals surface area contributed by atoms with Crippen LogP contribution in [0.4, 0.5) is 0 Å². The Bertz CT molecular complexity index is 145. The molecule has 0 saturated heterocycles. The van der Waals surface area contributed by atoms with Crippen LogP contribution in [0.2, 0.25) is 0 Å². The summed E-state index contributed by atoms with van der Waals surface area (Å²) in [5, 5.41) is 0. The van der Waals surface area contributed by atoms with Gasteiger partial charge >= 0.3 is 0 Å². The molecule has 0 heterocycles. The molecule has 0 amide bonds. The Kier molecular flexibility index (Phi) is 3.73. The molecule has 0 aromatic rings. The van der Waals surface area contributed by atoms with E-state index in [0.717, 1.165) is 12.7 Å². The minimum absolute atomic E-state index is 0.211. The molecular formula is C10H18O2. The van der Waals surface area contributed by atoms with E-state index in [-0.39, 0.29) is 5.92 Å². The van der Waals surface area contributed by atoms with E-state index in [4.69, 9.17) is 4.74 Å². The summed E-state index contributed by atoms with van der Waals surface area (Å²) in [4.78, 5) is 10.6. The highest BCUT2D eigenvalue weighted by Gasteiger charge is 2.25. The van der Waals surface area contributed by atoms with Crippen molar-refractivity contribution in [2.24, 2.45) is 11.8 Å². The normalized spacial score (nSPS) is 32.8. The van der Waals surface area contributed by atoms with Crippen molar-refractivity contribution < 1.29 is 9.53 Å². The van der Waals surface area contributed by atoms with Gasteiger partial charge in [0.2, 0.25) is 0 Å². The largest absolute Gasteiger partial charge is 0.381 e. The molecule has 0 N–H and O–H groups in total. The lowest BCUT2D eigenvalue weighted by atomic mass is 9.80. The fourth-order valence-electron chi connectivity index (χ4n) is 1.98. The first-order chi connectivity index (χ1) is 5.77. The number of ether oxygens (including phenoxy) is 1. The summed E-state index contributed by atoms with van der Waals surface area (Å²) >= 11 is 0. The van der Waals surface area contributed by atoms with Crippen LogP contribution in [-0.4, -0.2) is 19.5 Å². The van der Waals surface area contributed by atoms with Crippen LogP contribution in [-0.2, 0) is 9.53 Å². The third-order valence-corrected chi connectivity index (χ3v) is 2.96. The van der Waals surface area contributed by atoms with Crippen LogP contribution in [0.15, 0.2) is 0 Å². The standard InChI is InChI=1S/C10H18O2/c1-8(7-11)9-4-3-5-10(6-9)12-2/h7-10H,3-6H2,1-2H3. The van der Waals surface area contributed by atoms with Gasteiger partial charge < -0.3 is 9.53 Å². The van der Waals surface area contributed by atoms with E-state index in [1.54, 1.807) is 7.11 Å². The Hall–Kier alpha value is -0.370. The minimum atomic E-state index is 0.211. The van der Waals surface area contributed by atoms with Gasteiger partial charge in [0.15, 0.2) is 0 Å². The van der Waals surface area contributed by atoms with Crippen LogP contribution < -0.4 is 0 Å². The summed E-state index contributed by atoms with van der Waals surface area (Å²) in [5.74, 6) is 0.768. The molecule has 1 aliphatic rings. The second-order valence-electron chi connectivity index (χ2n) is 3.78. The predicted molar refractivity (Wildman–Crippen MR) is 48.0 cm³/mol. The Morgan fingerprint density at radius 1 is 1.50 bits per heavy atom. The zero-order chi connectivity index (χ0) is 8.97. The van der Waals surface area contributed by atoms with Crippen LogP contribution in [0.3, 0.4) is 0 Å². The lowest BCUT2D eigenvalue weighted by Crippen LogP contribution is -2.26. The van der Waals surface area contributed by atoms with E-state index < -0.39 is 0 Å². The number of carbonyl (C=O) groups excluding carboxylic acids is 1. The van der Waals surface area contributed by atoms with Gasteiger partial charge in [0.1, 0.15) is 6.29 Å². The summed E-state index contributed by atoms with van der Waals surface area (Å²) in [5.41, 5.74) is 0. The highest BCUT2D eigenvalue weighted by atomic mass is 16.5. The molecule has 2 nitrogen and oxygen atoms in total. The molecule has 0 aromatic heterocycles. The van der Waals surface area contributed by atoms with E-state index in [9.17, 15) is 4.79 Å². The lowest BCUT2D eigenvalue weighted by Gasteiger charge is -2.29. The molecule has 1 saturated carbocycles. The van der Waals surface area contributed by atoms with Crippen LogP contribution in [0.25, 0.3) is 0 Å². The fraction of sp³-hybridized carbons (Fsp3) is 0.900. The Balaban J connectivity index is 2.39. The van der Waals surface area contributed by atoms with Crippen molar-refractivity contribution in [2.45, 2.75) is 38.7 Å². The van der Waals surface area contributed by atoms with E-state index in [1.165, 1.54) is 19.3 Å². The van der Waals surface area contributed by atoms with Crippen molar-refractivity contribution in [3.8, 4) is 0 Å². The van der Waals surface area contributed by atoms with Crippen molar-refractivity contribution in [3.05, 3.63) is 0 Å². The van der Waals surface area contributed by atoms with Crippen molar-refractivity contribution in [2.75, 3.05) is 7.11 Å². The molecule has 0 aliphatic heterocycles. The molecule has 1 fully saturated rings. The Morgan fingerprint density at radius 2 is 2.25 bits per heavy atom. The molecule has 0 spiro atoms. The van der Waals surface area contributed by atoms with Crippen molar-refractivity contribution in [1.82, 2.24) is 0 Å². The first-order valence-electron chi connectivity index (χ1n) is 4.76. The average molecular weight is 170 g/mol. The van der Waals surface area contributed by atoms with Crippen molar-refractivity contribution in [3.63, 3.8) is 0 Å². The predicted octanol–water partition coefficient (Wildman–Crippen LogP) is 2.03. The Labute approximate surface area is 74.3 Å². The summed E-state index contributed by atoms with van der Waals surface area (Å²) in [7, 11) is 1.76. The molecule has 12 heavy (non-hydrogen) atoms. The molecular weight excluding hydrogens is 152 g/mol. The molecule has 3 unspecified atom stereocenters. The number of carbonyl (C=O) groups is 1. The van der Waals surface area contributed by atoms with Gasteiger partial charge in [0.05, 0.1) is 6.10 Å². The summed E-state index contributed by atoms with van der Waals surface area (Å²) in [6, 6.07) is 0. The molecule has 70 valence electrons. The number of hydrogen-bond donors (Lipinski definition) is 0. The molecule has 1 rings (SSSR count). The van der Waals surface area contributed by atoms with Gasteiger partial charge in [0, 0.05) is 13.0 Å². The summed E-state index contributed by atoms with van der Waals surface area (Å²) in [6.07, 6.45) is 6.10. The summed E-state index contributed by atoms with van der Waals surface area (Å²) < 4.78 is 5.30. The van der Waals surface area contributed by atoms with E-state index >= 15 is 0 Å². The summed E-state index contributed by atoms with van der Waals surface area (Å²) in [6.45, 7) is 2.01. The van der Waals surface area contributed by atoms with Crippen LogP contribution in [0.1, 0.15) is 32.6 Å². The molecule has 1 aliphatic carbocycles.